The van der Waals surface area contributed by atoms with Gasteiger partial charge in [0, 0.05) is 19.1 Å². The molecule has 0 aliphatic carbocycles. The van der Waals surface area contributed by atoms with Crippen molar-refractivity contribution in [3.8, 4) is 0 Å². The van der Waals surface area contributed by atoms with Gasteiger partial charge in [0.2, 0.25) is 35.4 Å². The Balaban J connectivity index is 3.78. The van der Waals surface area contributed by atoms with E-state index in [9.17, 15) is 43.5 Å². The van der Waals surface area contributed by atoms with Crippen LogP contribution in [-0.4, -0.2) is 148 Å². The molecule has 404 valence electrons. The Morgan fingerprint density at radius 2 is 1.08 bits per heavy atom. The molecule has 0 aliphatic heterocycles. The largest absolute Gasteiger partial charge is 0.480 e. The maximum atomic E-state index is 14.7. The van der Waals surface area contributed by atoms with Crippen LogP contribution in [0.5, 0.6) is 0 Å². The SMILES string of the molecule is CC(=O)NCSC[C@H](NC(=O)[C@H](COC(C)(C)C)NC(=O)[C@@H](NC(=O)[C@H](Cc1ccccc1)NC(=O)[C@@H](NC(=O)[C@H](CCCCN)NC(=O)OC(C)(C)C)[C@@H](C)OC(C)(C)C)[C@@H](C)OC(C)(C)C)C(=O)O. The summed E-state index contributed by atoms with van der Waals surface area (Å²) in [5.41, 5.74) is 3.00. The number of thioether (sulfide) groups is 1. The van der Waals surface area contributed by atoms with Crippen molar-refractivity contribution < 1.29 is 62.4 Å². The highest BCUT2D eigenvalue weighted by Crippen LogP contribution is 2.18. The summed E-state index contributed by atoms with van der Waals surface area (Å²) in [5.74, 6) is -5.93. The molecule has 0 unspecified atom stereocenters. The van der Waals surface area contributed by atoms with Gasteiger partial charge in [0.05, 0.1) is 41.5 Å². The monoisotopic (exact) mass is 1020 g/mol. The first-order chi connectivity index (χ1) is 32.6. The number of hydrogen-bond acceptors (Lipinski definition) is 14. The Morgan fingerprint density at radius 1 is 0.606 bits per heavy atom. The number of alkyl carbamates (subject to hydrolysis) is 1. The third-order valence-corrected chi connectivity index (χ3v) is 10.6. The molecular formula is C49H84N8O13S. The first kappa shape index (κ1) is 64.0. The minimum absolute atomic E-state index is 0.0868. The number of unbranched alkanes of at least 4 members (excludes halogenated alkanes) is 1. The standard InChI is InChI=1S/C49H84N8O13S/c1-29(68-47(7,8)9)37(56-39(59)33(23-19-20-24-50)55-45(66)70-49(13,14)15)42(62)52-34(25-32-21-17-16-18-22-32)40(60)57-38(30(2)69-48(10,11)12)43(63)53-35(26-67-46(4,5)6)41(61)54-36(44(64)65)27-71-28-51-31(3)58/h16-18,21-22,29-30,33-38H,19-20,23-28,50H2,1-15H3,(H,51,58)(H,52,62)(H,53,63)(H,54,61)(H,55,66)(H,56,59)(H,57,60)(H,64,65)/t29-,30-,33+,34+,35+,36+,37+,38+/m1/s1. The Kier molecular flexibility index (Phi) is 26.6. The lowest BCUT2D eigenvalue weighted by Crippen LogP contribution is -2.64. The van der Waals surface area contributed by atoms with Crippen LogP contribution in [0.3, 0.4) is 0 Å². The molecule has 1 aromatic rings. The summed E-state index contributed by atoms with van der Waals surface area (Å²) in [4.78, 5) is 108. The molecule has 0 aromatic heterocycles. The van der Waals surface area contributed by atoms with Gasteiger partial charge in [0.25, 0.3) is 0 Å². The molecule has 0 heterocycles. The molecule has 71 heavy (non-hydrogen) atoms. The predicted molar refractivity (Wildman–Crippen MR) is 271 cm³/mol. The van der Waals surface area contributed by atoms with Crippen molar-refractivity contribution in [2.75, 3.05) is 24.8 Å². The van der Waals surface area contributed by atoms with E-state index in [-0.39, 0.29) is 30.4 Å². The van der Waals surface area contributed by atoms with E-state index >= 15 is 0 Å². The highest BCUT2D eigenvalue weighted by Gasteiger charge is 2.39. The van der Waals surface area contributed by atoms with Crippen LogP contribution in [0.15, 0.2) is 30.3 Å². The predicted octanol–water partition coefficient (Wildman–Crippen LogP) is 2.81. The first-order valence-corrected chi connectivity index (χ1v) is 25.1. The molecule has 0 fully saturated rings. The van der Waals surface area contributed by atoms with E-state index in [1.54, 1.807) is 127 Å². The van der Waals surface area contributed by atoms with Crippen LogP contribution in [0.25, 0.3) is 0 Å². The molecule has 0 bridgehead atoms. The Bertz CT molecular complexity index is 1900. The summed E-state index contributed by atoms with van der Waals surface area (Å²) in [6.07, 6.45) is -1.85. The second kappa shape index (κ2) is 29.5. The molecule has 1 aromatic carbocycles. The summed E-state index contributed by atoms with van der Waals surface area (Å²) >= 11 is 1.06. The minimum atomic E-state index is -1.53. The topological polar surface area (TPSA) is 304 Å². The van der Waals surface area contributed by atoms with E-state index in [0.29, 0.717) is 24.9 Å². The number of carbonyl (C=O) groups is 8. The van der Waals surface area contributed by atoms with Crippen molar-refractivity contribution in [1.29, 1.82) is 0 Å². The van der Waals surface area contributed by atoms with Crippen molar-refractivity contribution in [2.45, 2.75) is 200 Å². The third kappa shape index (κ3) is 28.0. The smallest absolute Gasteiger partial charge is 0.408 e. The first-order valence-electron chi connectivity index (χ1n) is 23.9. The van der Waals surface area contributed by atoms with Crippen molar-refractivity contribution >= 4 is 59.3 Å². The molecule has 1 rings (SSSR count). The Morgan fingerprint density at radius 3 is 1.54 bits per heavy atom. The van der Waals surface area contributed by atoms with Gasteiger partial charge in [-0.15, -0.1) is 11.8 Å². The molecule has 7 amide bonds. The van der Waals surface area contributed by atoms with Gasteiger partial charge in [0.1, 0.15) is 41.9 Å². The Hall–Kier alpha value is -5.03. The van der Waals surface area contributed by atoms with Gasteiger partial charge in [-0.3, -0.25) is 28.8 Å². The molecule has 0 spiro atoms. The summed E-state index contributed by atoms with van der Waals surface area (Å²) < 4.78 is 23.7. The average Bonchev–Trinajstić information content (AvgIpc) is 3.21. The molecule has 8 atom stereocenters. The highest BCUT2D eigenvalue weighted by molar-refractivity contribution is 7.99. The van der Waals surface area contributed by atoms with Crippen LogP contribution >= 0.6 is 11.8 Å². The number of rotatable bonds is 28. The van der Waals surface area contributed by atoms with Gasteiger partial charge in [-0.05, 0) is 128 Å². The zero-order valence-corrected chi connectivity index (χ0v) is 45.3. The maximum absolute atomic E-state index is 14.7. The van der Waals surface area contributed by atoms with Crippen LogP contribution in [-0.2, 0) is 58.9 Å². The van der Waals surface area contributed by atoms with Crippen LogP contribution in [0.2, 0.25) is 0 Å². The molecule has 0 saturated carbocycles. The van der Waals surface area contributed by atoms with E-state index in [4.69, 9.17) is 24.7 Å². The van der Waals surface area contributed by atoms with Gasteiger partial charge in [0.15, 0.2) is 0 Å². The van der Waals surface area contributed by atoms with E-state index in [0.717, 1.165) is 11.8 Å². The van der Waals surface area contributed by atoms with Gasteiger partial charge in [-0.2, -0.15) is 0 Å². The summed E-state index contributed by atoms with van der Waals surface area (Å²) in [5, 5.41) is 28.4. The van der Waals surface area contributed by atoms with Crippen LogP contribution in [0.1, 0.15) is 129 Å². The number of carbonyl (C=O) groups excluding carboxylic acids is 7. The zero-order chi connectivity index (χ0) is 54.5. The highest BCUT2D eigenvalue weighted by atomic mass is 32.2. The number of amides is 7. The second-order valence-electron chi connectivity index (χ2n) is 21.2. The van der Waals surface area contributed by atoms with Crippen molar-refractivity contribution in [3.63, 3.8) is 0 Å². The lowest BCUT2D eigenvalue weighted by Gasteiger charge is -2.34. The van der Waals surface area contributed by atoms with Gasteiger partial charge in [-0.1, -0.05) is 30.3 Å². The molecule has 10 N–H and O–H groups in total. The average molecular weight is 1030 g/mol. The lowest BCUT2D eigenvalue weighted by atomic mass is 10.0. The number of nitrogens with two attached hydrogens (primary N) is 1. The van der Waals surface area contributed by atoms with E-state index in [2.05, 4.69) is 37.2 Å². The van der Waals surface area contributed by atoms with Crippen molar-refractivity contribution in [2.24, 2.45) is 5.73 Å². The van der Waals surface area contributed by atoms with Crippen LogP contribution < -0.4 is 43.0 Å². The normalized spacial score (nSPS) is 15.5. The molecule has 0 saturated heterocycles. The molecule has 21 nitrogen and oxygen atoms in total. The molecule has 0 radical (unpaired) electrons. The fourth-order valence-electron chi connectivity index (χ4n) is 6.64. The molecule has 22 heteroatoms. The van der Waals surface area contributed by atoms with Crippen molar-refractivity contribution in [1.82, 2.24) is 37.2 Å². The number of carboxylic acid groups (broad SMARTS) is 1. The Labute approximate surface area is 424 Å². The summed E-state index contributed by atoms with van der Waals surface area (Å²) in [6.45, 7) is 25.1. The van der Waals surface area contributed by atoms with Gasteiger partial charge in [-0.25, -0.2) is 9.59 Å². The van der Waals surface area contributed by atoms with Gasteiger partial charge >= 0.3 is 12.1 Å². The van der Waals surface area contributed by atoms with E-state index < -0.39 is 119 Å². The number of nitrogens with one attached hydrogen (secondary N) is 7. The van der Waals surface area contributed by atoms with Crippen LogP contribution in [0.4, 0.5) is 4.79 Å². The minimum Gasteiger partial charge on any atom is -0.480 e. The van der Waals surface area contributed by atoms with Crippen LogP contribution in [0, 0.1) is 0 Å². The van der Waals surface area contributed by atoms with E-state index in [1.807, 2.05) is 0 Å². The fourth-order valence-corrected chi connectivity index (χ4v) is 7.52. The quantitative estimate of drug-likeness (QED) is 0.0431. The van der Waals surface area contributed by atoms with E-state index in [1.165, 1.54) is 6.92 Å². The molecule has 0 aliphatic rings. The number of benzene rings is 1. The second-order valence-corrected chi connectivity index (χ2v) is 22.2. The fraction of sp³-hybridized carbons (Fsp3) is 0.714. The lowest BCUT2D eigenvalue weighted by molar-refractivity contribution is -0.144. The number of aliphatic carboxylic acids is 1. The third-order valence-electron chi connectivity index (χ3n) is 9.69. The number of carboxylic acids is 1. The molecular weight excluding hydrogens is 941 g/mol. The summed E-state index contributed by atoms with van der Waals surface area (Å²) in [7, 11) is 0. The number of hydrogen-bond donors (Lipinski definition) is 9. The number of ether oxygens (including phenoxy) is 4. The maximum Gasteiger partial charge on any atom is 0.408 e. The summed E-state index contributed by atoms with van der Waals surface area (Å²) in [6, 6.07) is 0.306. The zero-order valence-electron chi connectivity index (χ0n) is 44.5. The van der Waals surface area contributed by atoms with Gasteiger partial charge < -0.3 is 67.0 Å². The van der Waals surface area contributed by atoms with Crippen molar-refractivity contribution in [3.05, 3.63) is 35.9 Å².